The average molecular weight is 543 g/mol. The number of alkyl halides is 10. The summed E-state index contributed by atoms with van der Waals surface area (Å²) in [6, 6.07) is 1.55. The van der Waals surface area contributed by atoms with E-state index in [0.717, 1.165) is 18.3 Å². The molecular formula is C19H10ClF11N2O2. The third kappa shape index (κ3) is 7.70. The van der Waals surface area contributed by atoms with Gasteiger partial charge in [-0.05, 0) is 29.8 Å². The number of pyridine rings is 1. The van der Waals surface area contributed by atoms with E-state index in [1.165, 1.54) is 0 Å². The van der Waals surface area contributed by atoms with Gasteiger partial charge in [-0.15, -0.1) is 0 Å². The number of amides is 1. The minimum Gasteiger partial charge on any atom is -0.428 e. The Balaban J connectivity index is 2.55. The van der Waals surface area contributed by atoms with Crippen LogP contribution in [0.2, 0.25) is 5.02 Å². The number of hydrogen-bond donors (Lipinski definition) is 1. The van der Waals surface area contributed by atoms with Gasteiger partial charge in [0, 0.05) is 18.3 Å². The summed E-state index contributed by atoms with van der Waals surface area (Å²) in [5.74, 6) is -4.57. The Morgan fingerprint density at radius 1 is 1.00 bits per heavy atom. The lowest BCUT2D eigenvalue weighted by molar-refractivity contribution is -0.253. The van der Waals surface area contributed by atoms with Gasteiger partial charge in [-0.1, -0.05) is 11.6 Å². The van der Waals surface area contributed by atoms with Crippen LogP contribution < -0.4 is 10.1 Å². The summed E-state index contributed by atoms with van der Waals surface area (Å²) < 4.78 is 145. The smallest absolute Gasteiger partial charge is 0.428 e. The molecule has 4 nitrogen and oxygen atoms in total. The minimum atomic E-state index is -5.98. The zero-order valence-electron chi connectivity index (χ0n) is 16.5. The van der Waals surface area contributed by atoms with Gasteiger partial charge in [-0.2, -0.15) is 43.9 Å². The third-order valence-electron chi connectivity index (χ3n) is 3.95. The van der Waals surface area contributed by atoms with Gasteiger partial charge in [0.2, 0.25) is 5.91 Å². The highest BCUT2D eigenvalue weighted by atomic mass is 35.5. The van der Waals surface area contributed by atoms with Gasteiger partial charge < -0.3 is 10.1 Å². The van der Waals surface area contributed by atoms with Gasteiger partial charge in [-0.3, -0.25) is 9.78 Å². The van der Waals surface area contributed by atoms with Crippen molar-refractivity contribution in [2.24, 2.45) is 0 Å². The first-order valence-corrected chi connectivity index (χ1v) is 9.21. The Morgan fingerprint density at radius 2 is 1.60 bits per heavy atom. The number of allylic oxidation sites excluding steroid dienone is 1. The van der Waals surface area contributed by atoms with Gasteiger partial charge in [-0.25, -0.2) is 4.39 Å². The number of ether oxygens (including phenoxy) is 1. The number of hydrogen-bond acceptors (Lipinski definition) is 3. The van der Waals surface area contributed by atoms with E-state index >= 15 is 0 Å². The van der Waals surface area contributed by atoms with Crippen molar-refractivity contribution in [2.75, 3.05) is 0 Å². The Hall–Kier alpha value is -3.10. The molecule has 16 heteroatoms. The van der Waals surface area contributed by atoms with Crippen LogP contribution in [-0.4, -0.2) is 35.8 Å². The van der Waals surface area contributed by atoms with E-state index in [9.17, 15) is 53.1 Å². The van der Waals surface area contributed by atoms with E-state index in [1.807, 2.05) is 0 Å². The maximum Gasteiger partial charge on any atom is 0.461 e. The highest BCUT2D eigenvalue weighted by Crippen LogP contribution is 2.38. The number of halogens is 12. The summed E-state index contributed by atoms with van der Waals surface area (Å²) in [5, 5.41) is 1.70. The maximum atomic E-state index is 14.0. The molecule has 0 saturated carbocycles. The molecule has 1 N–H and O–H groups in total. The Bertz CT molecular complexity index is 1070. The fourth-order valence-corrected chi connectivity index (χ4v) is 2.65. The van der Waals surface area contributed by atoms with Crippen LogP contribution in [0.5, 0.6) is 5.75 Å². The van der Waals surface area contributed by atoms with Crippen LogP contribution in [-0.2, 0) is 4.79 Å². The second kappa shape index (κ2) is 10.3. The van der Waals surface area contributed by atoms with E-state index in [1.54, 1.807) is 5.32 Å². The molecule has 1 aromatic heterocycles. The number of nitrogens with one attached hydrogen (secondary N) is 1. The van der Waals surface area contributed by atoms with Crippen LogP contribution in [0, 0.1) is 5.82 Å². The SMILES string of the molecule is O=C(C=C(C(F)(F)F)C(F)(F)F)N[C@@H](c1cc(F)cc(OC(F)(F)C(F)F)c1)c1ccc(Cl)cn1. The number of rotatable bonds is 7. The van der Waals surface area contributed by atoms with Crippen LogP contribution in [0.3, 0.4) is 0 Å². The third-order valence-corrected chi connectivity index (χ3v) is 4.18. The molecule has 0 radical (unpaired) electrons. The highest BCUT2D eigenvalue weighted by molar-refractivity contribution is 6.30. The predicted octanol–water partition coefficient (Wildman–Crippen LogP) is 6.37. The highest BCUT2D eigenvalue weighted by Gasteiger charge is 2.51. The number of nitrogens with zero attached hydrogens (tertiary/aromatic N) is 1. The molecular weight excluding hydrogens is 533 g/mol. The summed E-state index contributed by atoms with van der Waals surface area (Å²) in [7, 11) is 0. The molecule has 2 aromatic rings. The summed E-state index contributed by atoms with van der Waals surface area (Å²) in [6.07, 6.45) is -21.3. The number of carbonyl (C=O) groups is 1. The number of benzene rings is 1. The molecule has 0 aliphatic heterocycles. The van der Waals surface area contributed by atoms with E-state index in [-0.39, 0.29) is 16.8 Å². The zero-order valence-corrected chi connectivity index (χ0v) is 17.3. The van der Waals surface area contributed by atoms with Gasteiger partial charge >= 0.3 is 24.9 Å². The Labute approximate surface area is 193 Å². The van der Waals surface area contributed by atoms with E-state index in [0.29, 0.717) is 12.1 Å². The summed E-state index contributed by atoms with van der Waals surface area (Å²) in [6.45, 7) is 0. The van der Waals surface area contributed by atoms with E-state index < -0.39 is 65.6 Å². The standard InChI is InChI=1S/C19H10ClF11N2O2/c20-9-1-2-12(32-7-9)15(33-14(34)6-13(17(24,25)26)18(27,28)29)8-3-10(21)5-11(4-8)35-19(30,31)16(22)23/h1-7,15-16H,(H,33,34)/t15-/m0/s1. The molecule has 192 valence electrons. The van der Waals surface area contributed by atoms with Crippen molar-refractivity contribution in [3.05, 3.63) is 70.3 Å². The molecule has 0 bridgehead atoms. The zero-order chi connectivity index (χ0) is 26.8. The fourth-order valence-electron chi connectivity index (χ4n) is 2.54. The largest absolute Gasteiger partial charge is 0.461 e. The van der Waals surface area contributed by atoms with Crippen molar-refractivity contribution in [1.29, 1.82) is 0 Å². The molecule has 0 fully saturated rings. The van der Waals surface area contributed by atoms with E-state index in [2.05, 4.69) is 9.72 Å². The van der Waals surface area contributed by atoms with Gasteiger partial charge in [0.1, 0.15) is 17.1 Å². The molecule has 1 heterocycles. The Kier molecular flexibility index (Phi) is 8.25. The van der Waals surface area contributed by atoms with Crippen LogP contribution in [0.25, 0.3) is 0 Å². The monoisotopic (exact) mass is 542 g/mol. The summed E-state index contributed by atoms with van der Waals surface area (Å²) in [4.78, 5) is 15.8. The van der Waals surface area contributed by atoms with Gasteiger partial charge in [0.25, 0.3) is 0 Å². The average Bonchev–Trinajstić information content (AvgIpc) is 2.68. The Morgan fingerprint density at radius 3 is 2.09 bits per heavy atom. The van der Waals surface area contributed by atoms with Crippen molar-refractivity contribution >= 4 is 17.5 Å². The van der Waals surface area contributed by atoms with Crippen molar-refractivity contribution in [3.8, 4) is 5.75 Å². The first-order valence-electron chi connectivity index (χ1n) is 8.83. The van der Waals surface area contributed by atoms with Crippen LogP contribution in [0.1, 0.15) is 17.3 Å². The molecule has 0 spiro atoms. The summed E-state index contributed by atoms with van der Waals surface area (Å²) >= 11 is 5.65. The molecule has 1 aromatic carbocycles. The molecule has 0 aliphatic carbocycles. The quantitative estimate of drug-likeness (QED) is 0.327. The molecule has 1 amide bonds. The first-order chi connectivity index (χ1) is 15.9. The van der Waals surface area contributed by atoms with Gasteiger partial charge in [0.05, 0.1) is 16.8 Å². The van der Waals surface area contributed by atoms with Crippen LogP contribution in [0.15, 0.2) is 48.2 Å². The topological polar surface area (TPSA) is 51.2 Å². The maximum absolute atomic E-state index is 14.0. The van der Waals surface area contributed by atoms with Crippen molar-refractivity contribution in [3.63, 3.8) is 0 Å². The second-order valence-corrected chi connectivity index (χ2v) is 7.02. The van der Waals surface area contributed by atoms with Crippen LogP contribution in [0.4, 0.5) is 48.3 Å². The molecule has 0 unspecified atom stereocenters. The second-order valence-electron chi connectivity index (χ2n) is 6.58. The number of aromatic nitrogens is 1. The van der Waals surface area contributed by atoms with Crippen molar-refractivity contribution in [1.82, 2.24) is 10.3 Å². The normalized spacial score (nSPS) is 13.4. The fraction of sp³-hybridized carbons (Fsp3) is 0.263. The van der Waals surface area contributed by atoms with E-state index in [4.69, 9.17) is 11.6 Å². The molecule has 2 rings (SSSR count). The molecule has 0 saturated heterocycles. The first kappa shape index (κ1) is 28.1. The summed E-state index contributed by atoms with van der Waals surface area (Å²) in [5.41, 5.74) is -4.14. The minimum absolute atomic E-state index is 0.00464. The lowest BCUT2D eigenvalue weighted by Gasteiger charge is -2.21. The molecule has 1 atom stereocenters. The molecule has 0 aliphatic rings. The van der Waals surface area contributed by atoms with Crippen molar-refractivity contribution in [2.45, 2.75) is 30.9 Å². The van der Waals surface area contributed by atoms with Crippen LogP contribution >= 0.6 is 11.6 Å². The van der Waals surface area contributed by atoms with Crippen molar-refractivity contribution < 1.29 is 57.8 Å². The predicted molar refractivity (Wildman–Crippen MR) is 97.4 cm³/mol. The lowest BCUT2D eigenvalue weighted by atomic mass is 10.0. The van der Waals surface area contributed by atoms with Gasteiger partial charge in [0.15, 0.2) is 0 Å². The lowest BCUT2D eigenvalue weighted by Crippen LogP contribution is -2.34. The molecule has 35 heavy (non-hydrogen) atoms. The number of carbonyl (C=O) groups excluding carboxylic acids is 1.